The van der Waals surface area contributed by atoms with Crippen molar-refractivity contribution in [3.05, 3.63) is 22.8 Å². The minimum Gasteiger partial charge on any atom is -0.380 e. The Hall–Kier alpha value is -1.31. The topological polar surface area (TPSA) is 49.1 Å². The Bertz CT molecular complexity index is 389. The van der Waals surface area contributed by atoms with Crippen LogP contribution in [0.1, 0.15) is 12.5 Å². The molecule has 0 aliphatic heterocycles. The molecule has 0 aliphatic rings. The number of hydrogen-bond acceptors (Lipinski definition) is 4. The maximum atomic E-state index is 8.80. The van der Waals surface area contributed by atoms with Gasteiger partial charge in [-0.3, -0.25) is 0 Å². The van der Waals surface area contributed by atoms with Crippen LogP contribution in [-0.4, -0.2) is 31.8 Å². The summed E-state index contributed by atoms with van der Waals surface area (Å²) in [5.41, 5.74) is 0.512. The van der Waals surface area contributed by atoms with E-state index in [-0.39, 0.29) is 0 Å². The molecule has 0 atom stereocenters. The lowest BCUT2D eigenvalue weighted by atomic mass is 10.3. The Kier molecular flexibility index (Phi) is 5.03. The van der Waals surface area contributed by atoms with Gasteiger partial charge in [0, 0.05) is 20.2 Å². The summed E-state index contributed by atoms with van der Waals surface area (Å²) in [4.78, 5) is 6.05. The fraction of sp³-hybridized carbons (Fsp3) is 0.455. The molecule has 86 valence electrons. The molecule has 1 heterocycles. The van der Waals surface area contributed by atoms with Crippen molar-refractivity contribution in [2.45, 2.75) is 6.92 Å². The van der Waals surface area contributed by atoms with Gasteiger partial charge in [0.1, 0.15) is 11.0 Å². The molecule has 5 heteroatoms. The average molecular weight is 240 g/mol. The van der Waals surface area contributed by atoms with Crippen LogP contribution in [0.15, 0.2) is 12.1 Å². The molecular weight excluding hydrogens is 226 g/mol. The maximum Gasteiger partial charge on any atom is 0.132 e. The van der Waals surface area contributed by atoms with Crippen LogP contribution in [0.25, 0.3) is 0 Å². The van der Waals surface area contributed by atoms with Gasteiger partial charge in [-0.05, 0) is 19.1 Å². The first-order valence-corrected chi connectivity index (χ1v) is 5.41. The van der Waals surface area contributed by atoms with Gasteiger partial charge < -0.3 is 9.64 Å². The Morgan fingerprint density at radius 3 is 2.94 bits per heavy atom. The van der Waals surface area contributed by atoms with Gasteiger partial charge >= 0.3 is 0 Å². The van der Waals surface area contributed by atoms with Gasteiger partial charge in [-0.25, -0.2) is 4.98 Å². The summed E-state index contributed by atoms with van der Waals surface area (Å²) in [7, 11) is 1.89. The number of halogens is 1. The molecule has 0 radical (unpaired) electrons. The molecule has 0 saturated heterocycles. The fourth-order valence-corrected chi connectivity index (χ4v) is 1.41. The molecule has 0 N–H and O–H groups in total. The van der Waals surface area contributed by atoms with Crippen molar-refractivity contribution < 1.29 is 4.74 Å². The van der Waals surface area contributed by atoms with Crippen molar-refractivity contribution in [3.63, 3.8) is 0 Å². The van der Waals surface area contributed by atoms with E-state index >= 15 is 0 Å². The van der Waals surface area contributed by atoms with E-state index in [0.717, 1.165) is 0 Å². The second-order valence-corrected chi connectivity index (χ2v) is 3.65. The molecule has 0 amide bonds. The third kappa shape index (κ3) is 3.69. The summed E-state index contributed by atoms with van der Waals surface area (Å²) in [5, 5.41) is 9.13. The highest BCUT2D eigenvalue weighted by atomic mass is 35.5. The molecular formula is C11H14ClN3O. The van der Waals surface area contributed by atoms with Gasteiger partial charge in [0.15, 0.2) is 0 Å². The first-order chi connectivity index (χ1) is 7.67. The summed E-state index contributed by atoms with van der Waals surface area (Å²) < 4.78 is 5.25. The summed E-state index contributed by atoms with van der Waals surface area (Å²) in [6.07, 6.45) is 0. The monoisotopic (exact) mass is 239 g/mol. The van der Waals surface area contributed by atoms with Gasteiger partial charge in [0.05, 0.1) is 18.2 Å². The third-order valence-corrected chi connectivity index (χ3v) is 2.27. The van der Waals surface area contributed by atoms with Crippen LogP contribution in [0.5, 0.6) is 0 Å². The van der Waals surface area contributed by atoms with E-state index in [0.29, 0.717) is 36.3 Å². The minimum atomic E-state index is 0.331. The van der Waals surface area contributed by atoms with Crippen LogP contribution < -0.4 is 4.90 Å². The highest BCUT2D eigenvalue weighted by molar-refractivity contribution is 6.29. The van der Waals surface area contributed by atoms with E-state index < -0.39 is 0 Å². The predicted molar refractivity (Wildman–Crippen MR) is 63.7 cm³/mol. The number of anilines is 1. The highest BCUT2D eigenvalue weighted by Crippen LogP contribution is 2.16. The van der Waals surface area contributed by atoms with Gasteiger partial charge in [-0.2, -0.15) is 5.26 Å². The largest absolute Gasteiger partial charge is 0.380 e. The van der Waals surface area contributed by atoms with Crippen LogP contribution in [-0.2, 0) is 4.74 Å². The molecule has 0 unspecified atom stereocenters. The normalized spacial score (nSPS) is 9.88. The Balaban J connectivity index is 2.71. The Labute approximate surface area is 100 Å². The van der Waals surface area contributed by atoms with Crippen LogP contribution in [0.4, 0.5) is 5.82 Å². The zero-order valence-electron chi connectivity index (χ0n) is 9.40. The summed E-state index contributed by atoms with van der Waals surface area (Å²) in [5.74, 6) is 0.684. The van der Waals surface area contributed by atoms with Crippen molar-refractivity contribution in [2.75, 3.05) is 31.7 Å². The number of nitriles is 1. The molecule has 1 rings (SSSR count). The zero-order valence-corrected chi connectivity index (χ0v) is 10.2. The van der Waals surface area contributed by atoms with Crippen LogP contribution in [0, 0.1) is 11.3 Å². The first kappa shape index (κ1) is 12.8. The molecule has 16 heavy (non-hydrogen) atoms. The number of nitrogens with zero attached hydrogens (tertiary/aromatic N) is 3. The Morgan fingerprint density at radius 1 is 1.56 bits per heavy atom. The van der Waals surface area contributed by atoms with E-state index in [4.69, 9.17) is 21.6 Å². The van der Waals surface area contributed by atoms with E-state index in [2.05, 4.69) is 4.98 Å². The van der Waals surface area contributed by atoms with Crippen LogP contribution >= 0.6 is 11.6 Å². The molecule has 0 saturated carbocycles. The number of hydrogen-bond donors (Lipinski definition) is 0. The summed E-state index contributed by atoms with van der Waals surface area (Å²) in [6, 6.07) is 5.30. The second kappa shape index (κ2) is 6.31. The number of rotatable bonds is 5. The standard InChI is InChI=1S/C11H14ClN3O/c1-3-16-5-4-15(2)11-7-9(8-13)6-10(12)14-11/h6-7H,3-5H2,1-2H3. The third-order valence-electron chi connectivity index (χ3n) is 2.08. The molecule has 1 aromatic heterocycles. The first-order valence-electron chi connectivity index (χ1n) is 5.04. The lowest BCUT2D eigenvalue weighted by Crippen LogP contribution is -2.23. The number of ether oxygens (including phenoxy) is 1. The molecule has 4 nitrogen and oxygen atoms in total. The van der Waals surface area contributed by atoms with Gasteiger partial charge in [0.2, 0.25) is 0 Å². The van der Waals surface area contributed by atoms with E-state index in [1.807, 2.05) is 24.9 Å². The van der Waals surface area contributed by atoms with Crippen molar-refractivity contribution >= 4 is 17.4 Å². The molecule has 0 aromatic carbocycles. The van der Waals surface area contributed by atoms with Gasteiger partial charge in [-0.1, -0.05) is 11.6 Å². The predicted octanol–water partition coefficient (Wildman–Crippen LogP) is 2.08. The molecule has 0 bridgehead atoms. The van der Waals surface area contributed by atoms with Crippen molar-refractivity contribution in [3.8, 4) is 6.07 Å². The quantitative estimate of drug-likeness (QED) is 0.583. The number of pyridine rings is 1. The Morgan fingerprint density at radius 2 is 2.31 bits per heavy atom. The van der Waals surface area contributed by atoms with Crippen LogP contribution in [0.3, 0.4) is 0 Å². The molecule has 0 aliphatic carbocycles. The molecule has 0 fully saturated rings. The van der Waals surface area contributed by atoms with Crippen molar-refractivity contribution in [2.24, 2.45) is 0 Å². The summed E-state index contributed by atoms with van der Waals surface area (Å²) in [6.45, 7) is 3.99. The van der Waals surface area contributed by atoms with E-state index in [1.54, 1.807) is 12.1 Å². The van der Waals surface area contributed by atoms with E-state index in [9.17, 15) is 0 Å². The number of aromatic nitrogens is 1. The van der Waals surface area contributed by atoms with E-state index in [1.165, 1.54) is 0 Å². The van der Waals surface area contributed by atoms with Crippen molar-refractivity contribution in [1.82, 2.24) is 4.98 Å². The van der Waals surface area contributed by atoms with Crippen LogP contribution in [0.2, 0.25) is 5.15 Å². The number of likely N-dealkylation sites (N-methyl/N-ethyl adjacent to an activating group) is 1. The van der Waals surface area contributed by atoms with Gasteiger partial charge in [-0.15, -0.1) is 0 Å². The average Bonchev–Trinajstić information content (AvgIpc) is 2.28. The lowest BCUT2D eigenvalue weighted by molar-refractivity contribution is 0.154. The second-order valence-electron chi connectivity index (χ2n) is 3.27. The van der Waals surface area contributed by atoms with Gasteiger partial charge in [0.25, 0.3) is 0 Å². The maximum absolute atomic E-state index is 8.80. The smallest absolute Gasteiger partial charge is 0.132 e. The molecule has 0 spiro atoms. The SMILES string of the molecule is CCOCCN(C)c1cc(C#N)cc(Cl)n1. The lowest BCUT2D eigenvalue weighted by Gasteiger charge is -2.18. The fourth-order valence-electron chi connectivity index (χ4n) is 1.20. The molecule has 1 aromatic rings. The zero-order chi connectivity index (χ0) is 12.0. The highest BCUT2D eigenvalue weighted by Gasteiger charge is 2.05. The summed E-state index contributed by atoms with van der Waals surface area (Å²) >= 11 is 5.81. The van der Waals surface area contributed by atoms with Crippen molar-refractivity contribution in [1.29, 1.82) is 5.26 Å². The minimum absolute atomic E-state index is 0.331.